The molecule has 8 heteroatoms. The maximum atomic E-state index is 12.0. The number of rotatable bonds is 4. The number of hydrazine groups is 1. The van der Waals surface area contributed by atoms with Crippen LogP contribution in [0.5, 0.6) is 0 Å². The number of carbonyl (C=O) groups excluding carboxylic acids is 3. The van der Waals surface area contributed by atoms with Gasteiger partial charge in [-0.15, -0.1) is 0 Å². The van der Waals surface area contributed by atoms with Gasteiger partial charge < -0.3 is 14.2 Å². The van der Waals surface area contributed by atoms with Crippen molar-refractivity contribution in [3.63, 3.8) is 0 Å². The molecule has 114 valence electrons. The Morgan fingerprint density at radius 3 is 2.57 bits per heavy atom. The predicted molar refractivity (Wildman–Crippen MR) is 72.8 cm³/mol. The third kappa shape index (κ3) is 2.89. The predicted octanol–water partition coefficient (Wildman–Crippen LogP) is -0.618. The van der Waals surface area contributed by atoms with Crippen molar-refractivity contribution in [3.8, 4) is 0 Å². The molecule has 0 bridgehead atoms. The Labute approximate surface area is 121 Å². The van der Waals surface area contributed by atoms with Crippen molar-refractivity contribution < 1.29 is 18.8 Å². The van der Waals surface area contributed by atoms with Gasteiger partial charge in [-0.05, 0) is 19.9 Å². The van der Waals surface area contributed by atoms with E-state index < -0.39 is 17.7 Å². The Hall–Kier alpha value is -2.35. The van der Waals surface area contributed by atoms with Gasteiger partial charge >= 0.3 is 17.7 Å². The molecule has 0 radical (unpaired) electrons. The van der Waals surface area contributed by atoms with Crippen molar-refractivity contribution in [2.45, 2.75) is 20.4 Å². The molecular formula is C13H18N4O4. The highest BCUT2D eigenvalue weighted by molar-refractivity contribution is 6.35. The van der Waals surface area contributed by atoms with Crippen molar-refractivity contribution in [1.29, 1.82) is 0 Å². The zero-order valence-corrected chi connectivity index (χ0v) is 12.0. The monoisotopic (exact) mass is 294 g/mol. The van der Waals surface area contributed by atoms with Gasteiger partial charge in [0.2, 0.25) is 0 Å². The lowest BCUT2D eigenvalue weighted by Gasteiger charge is -2.32. The molecule has 21 heavy (non-hydrogen) atoms. The molecule has 0 atom stereocenters. The number of nitrogens with one attached hydrogen (secondary N) is 1. The summed E-state index contributed by atoms with van der Waals surface area (Å²) in [5.74, 6) is 4.02. The summed E-state index contributed by atoms with van der Waals surface area (Å²) in [6, 6.07) is 1.66. The lowest BCUT2D eigenvalue weighted by Crippen LogP contribution is -2.53. The van der Waals surface area contributed by atoms with Crippen LogP contribution in [0.15, 0.2) is 10.5 Å². The fourth-order valence-electron chi connectivity index (χ4n) is 2.27. The summed E-state index contributed by atoms with van der Waals surface area (Å²) in [7, 11) is 0. The summed E-state index contributed by atoms with van der Waals surface area (Å²) in [6.07, 6.45) is 0. The average molecular weight is 294 g/mol. The third-order valence-corrected chi connectivity index (χ3v) is 3.43. The molecule has 2 rings (SSSR count). The van der Waals surface area contributed by atoms with Crippen LogP contribution in [0.25, 0.3) is 0 Å². The maximum Gasteiger partial charge on any atom is 0.312 e. The highest BCUT2D eigenvalue weighted by atomic mass is 16.4. The Bertz CT molecular complexity index is 581. The molecule has 1 aromatic rings. The van der Waals surface area contributed by atoms with E-state index in [1.54, 1.807) is 13.0 Å². The molecule has 0 aromatic carbocycles. The van der Waals surface area contributed by atoms with Gasteiger partial charge in [0.25, 0.3) is 0 Å². The van der Waals surface area contributed by atoms with E-state index in [4.69, 9.17) is 10.3 Å². The molecule has 0 spiro atoms. The van der Waals surface area contributed by atoms with Crippen LogP contribution in [-0.4, -0.2) is 47.2 Å². The minimum absolute atomic E-state index is 0.110. The number of aryl methyl sites for hydroxylation is 1. The average Bonchev–Trinajstić information content (AvgIpc) is 2.84. The normalized spacial score (nSPS) is 15.6. The minimum atomic E-state index is -0.554. The Morgan fingerprint density at radius 2 is 1.95 bits per heavy atom. The second-order valence-electron chi connectivity index (χ2n) is 4.81. The van der Waals surface area contributed by atoms with E-state index in [0.29, 0.717) is 31.0 Å². The van der Waals surface area contributed by atoms with Gasteiger partial charge in [-0.2, -0.15) is 0 Å². The molecule has 1 fully saturated rings. The largest absolute Gasteiger partial charge is 0.454 e. The lowest BCUT2D eigenvalue weighted by molar-refractivity contribution is -0.156. The van der Waals surface area contributed by atoms with E-state index in [1.807, 2.05) is 12.3 Å². The topological polar surface area (TPSA) is 109 Å². The smallest absolute Gasteiger partial charge is 0.312 e. The summed E-state index contributed by atoms with van der Waals surface area (Å²) in [6.45, 7) is 5.14. The molecule has 8 nitrogen and oxygen atoms in total. The van der Waals surface area contributed by atoms with Crippen LogP contribution in [0.4, 0.5) is 0 Å². The molecular weight excluding hydrogens is 276 g/mol. The van der Waals surface area contributed by atoms with E-state index in [9.17, 15) is 14.4 Å². The van der Waals surface area contributed by atoms with Crippen molar-refractivity contribution in [1.82, 2.24) is 15.2 Å². The molecule has 0 unspecified atom stereocenters. The van der Waals surface area contributed by atoms with Gasteiger partial charge in [-0.3, -0.25) is 19.8 Å². The number of piperazine rings is 1. The van der Waals surface area contributed by atoms with Gasteiger partial charge in [-0.1, -0.05) is 0 Å². The molecule has 1 saturated heterocycles. The Morgan fingerprint density at radius 1 is 1.33 bits per heavy atom. The molecule has 1 aliphatic rings. The van der Waals surface area contributed by atoms with Crippen LogP contribution in [0.1, 0.15) is 28.8 Å². The standard InChI is InChI=1S/C13H18N4O4/c1-3-16-4-5-17(13(20)12(16)19)7-9-6-8(2)10(21-9)11(18)15-14/h6H,3-5,7,14H2,1-2H3,(H,15,18). The lowest BCUT2D eigenvalue weighted by atomic mass is 10.2. The van der Waals surface area contributed by atoms with E-state index in [1.165, 1.54) is 9.80 Å². The second kappa shape index (κ2) is 5.96. The number of hydrogen-bond acceptors (Lipinski definition) is 5. The zero-order chi connectivity index (χ0) is 15.6. The summed E-state index contributed by atoms with van der Waals surface area (Å²) in [4.78, 5) is 38.2. The fourth-order valence-corrected chi connectivity index (χ4v) is 2.27. The zero-order valence-electron chi connectivity index (χ0n) is 12.0. The first kappa shape index (κ1) is 15.0. The van der Waals surface area contributed by atoms with Gasteiger partial charge in [-0.25, -0.2) is 5.84 Å². The Kier molecular flexibility index (Phi) is 4.27. The number of carbonyl (C=O) groups is 3. The summed E-state index contributed by atoms with van der Waals surface area (Å²) < 4.78 is 5.40. The quantitative estimate of drug-likeness (QED) is 0.333. The van der Waals surface area contributed by atoms with Crippen molar-refractivity contribution in [3.05, 3.63) is 23.2 Å². The molecule has 3 amide bonds. The highest BCUT2D eigenvalue weighted by Crippen LogP contribution is 2.17. The highest BCUT2D eigenvalue weighted by Gasteiger charge is 2.32. The number of amides is 3. The molecule has 0 saturated carbocycles. The molecule has 1 aromatic heterocycles. The van der Waals surface area contributed by atoms with Crippen molar-refractivity contribution in [2.75, 3.05) is 19.6 Å². The number of nitrogens with two attached hydrogens (primary N) is 1. The number of hydrogen-bond donors (Lipinski definition) is 2. The number of furan rings is 1. The van der Waals surface area contributed by atoms with Crippen molar-refractivity contribution >= 4 is 17.7 Å². The number of likely N-dealkylation sites (N-methyl/N-ethyl adjacent to an activating group) is 1. The third-order valence-electron chi connectivity index (χ3n) is 3.43. The van der Waals surface area contributed by atoms with E-state index >= 15 is 0 Å². The maximum absolute atomic E-state index is 12.0. The van der Waals surface area contributed by atoms with Gasteiger partial charge in [0.15, 0.2) is 5.76 Å². The van der Waals surface area contributed by atoms with Crippen LogP contribution >= 0.6 is 0 Å². The molecule has 0 aliphatic carbocycles. The first-order valence-corrected chi connectivity index (χ1v) is 6.66. The molecule has 2 heterocycles. The van der Waals surface area contributed by atoms with Crippen molar-refractivity contribution in [2.24, 2.45) is 5.84 Å². The second-order valence-corrected chi connectivity index (χ2v) is 4.81. The first-order chi connectivity index (χ1) is 9.97. The summed E-state index contributed by atoms with van der Waals surface area (Å²) in [5.41, 5.74) is 2.62. The Balaban J connectivity index is 2.11. The summed E-state index contributed by atoms with van der Waals surface area (Å²) in [5, 5.41) is 0. The summed E-state index contributed by atoms with van der Waals surface area (Å²) >= 11 is 0. The van der Waals surface area contributed by atoms with E-state index in [-0.39, 0.29) is 12.3 Å². The molecule has 3 N–H and O–H groups in total. The first-order valence-electron chi connectivity index (χ1n) is 6.66. The van der Waals surface area contributed by atoms with E-state index in [2.05, 4.69) is 0 Å². The van der Waals surface area contributed by atoms with Crippen LogP contribution in [0.3, 0.4) is 0 Å². The van der Waals surface area contributed by atoms with Gasteiger partial charge in [0.05, 0.1) is 6.54 Å². The number of nitrogen functional groups attached to an aromatic ring is 1. The van der Waals surface area contributed by atoms with Gasteiger partial charge in [0.1, 0.15) is 5.76 Å². The van der Waals surface area contributed by atoms with Crippen LogP contribution < -0.4 is 11.3 Å². The minimum Gasteiger partial charge on any atom is -0.454 e. The van der Waals surface area contributed by atoms with Crippen LogP contribution in [0, 0.1) is 6.92 Å². The van der Waals surface area contributed by atoms with Gasteiger partial charge in [0, 0.05) is 25.2 Å². The molecule has 1 aliphatic heterocycles. The number of nitrogens with zero attached hydrogens (tertiary/aromatic N) is 2. The SMILES string of the molecule is CCN1CCN(Cc2cc(C)c(C(=O)NN)o2)C(=O)C1=O. The van der Waals surface area contributed by atoms with Crippen LogP contribution in [0.2, 0.25) is 0 Å². The van der Waals surface area contributed by atoms with Crippen LogP contribution in [-0.2, 0) is 16.1 Å². The van der Waals surface area contributed by atoms with E-state index in [0.717, 1.165) is 0 Å². The fraction of sp³-hybridized carbons (Fsp3) is 0.462.